The van der Waals surface area contributed by atoms with E-state index in [2.05, 4.69) is 48.8 Å². The largest absolute Gasteiger partial charge is 0.303 e. The molecular weight excluding hydrogens is 274 g/mol. The Kier molecular flexibility index (Phi) is 5.44. The van der Waals surface area contributed by atoms with E-state index in [9.17, 15) is 0 Å². The van der Waals surface area contributed by atoms with Gasteiger partial charge in [0.25, 0.3) is 0 Å². The summed E-state index contributed by atoms with van der Waals surface area (Å²) in [6.45, 7) is 4.44. The van der Waals surface area contributed by atoms with E-state index in [0.717, 1.165) is 5.02 Å². The molecule has 102 valence electrons. The Hall–Kier alpha value is -0.830. The van der Waals surface area contributed by atoms with E-state index < -0.39 is 0 Å². The fraction of sp³-hybridized carbons (Fsp3) is 0.375. The molecule has 0 saturated heterocycles. The molecule has 2 rings (SSSR count). The highest BCUT2D eigenvalue weighted by Gasteiger charge is 2.15. The molecule has 1 N–H and O–H groups in total. The van der Waals surface area contributed by atoms with E-state index in [4.69, 9.17) is 11.6 Å². The molecule has 19 heavy (non-hydrogen) atoms. The molecule has 0 radical (unpaired) electrons. The predicted octanol–water partition coefficient (Wildman–Crippen LogP) is 5.59. The summed E-state index contributed by atoms with van der Waals surface area (Å²) in [6.07, 6.45) is 2.35. The van der Waals surface area contributed by atoms with Crippen molar-refractivity contribution in [2.45, 2.75) is 38.8 Å². The zero-order valence-corrected chi connectivity index (χ0v) is 13.0. The lowest BCUT2D eigenvalue weighted by molar-refractivity contribution is 0.445. The van der Waals surface area contributed by atoms with Crippen molar-refractivity contribution >= 4 is 22.9 Å². The van der Waals surface area contributed by atoms with Crippen molar-refractivity contribution in [3.63, 3.8) is 0 Å². The van der Waals surface area contributed by atoms with Crippen LogP contribution < -0.4 is 5.32 Å². The fourth-order valence-corrected chi connectivity index (χ4v) is 3.18. The lowest BCUT2D eigenvalue weighted by Gasteiger charge is -2.22. The SMILES string of the molecule is CCCC(NC(C)c1ccc(Cl)cc1)c1cccs1. The first-order chi connectivity index (χ1) is 9.20. The zero-order valence-electron chi connectivity index (χ0n) is 11.4. The van der Waals surface area contributed by atoms with Crippen LogP contribution in [-0.4, -0.2) is 0 Å². The summed E-state index contributed by atoms with van der Waals surface area (Å²) in [5.74, 6) is 0. The van der Waals surface area contributed by atoms with E-state index >= 15 is 0 Å². The Labute approximate surface area is 124 Å². The summed E-state index contributed by atoms with van der Waals surface area (Å²) in [5.41, 5.74) is 1.28. The topological polar surface area (TPSA) is 12.0 Å². The smallest absolute Gasteiger partial charge is 0.0419 e. The van der Waals surface area contributed by atoms with Crippen LogP contribution >= 0.6 is 22.9 Å². The first-order valence-corrected chi connectivity index (χ1v) is 8.01. The molecule has 0 fully saturated rings. The summed E-state index contributed by atoms with van der Waals surface area (Å²) in [7, 11) is 0. The molecule has 0 amide bonds. The van der Waals surface area contributed by atoms with Crippen molar-refractivity contribution in [3.05, 3.63) is 57.2 Å². The third kappa shape index (κ3) is 4.07. The van der Waals surface area contributed by atoms with Crippen molar-refractivity contribution in [2.24, 2.45) is 0 Å². The predicted molar refractivity (Wildman–Crippen MR) is 85.0 cm³/mol. The lowest BCUT2D eigenvalue weighted by Crippen LogP contribution is -2.24. The van der Waals surface area contributed by atoms with Crippen LogP contribution in [0.4, 0.5) is 0 Å². The van der Waals surface area contributed by atoms with Crippen LogP contribution in [0.5, 0.6) is 0 Å². The van der Waals surface area contributed by atoms with Crippen LogP contribution in [0.1, 0.15) is 49.2 Å². The Morgan fingerprint density at radius 3 is 2.53 bits per heavy atom. The standard InChI is InChI=1S/C16H20ClNS/c1-3-5-15(16-6-4-11-19-16)18-12(2)13-7-9-14(17)10-8-13/h4,6-12,15,18H,3,5H2,1-2H3. The fourth-order valence-electron chi connectivity index (χ4n) is 2.24. The van der Waals surface area contributed by atoms with Gasteiger partial charge in [0.15, 0.2) is 0 Å². The monoisotopic (exact) mass is 293 g/mol. The Morgan fingerprint density at radius 2 is 1.95 bits per heavy atom. The molecule has 0 aliphatic carbocycles. The van der Waals surface area contributed by atoms with Gasteiger partial charge in [-0.15, -0.1) is 11.3 Å². The van der Waals surface area contributed by atoms with Gasteiger partial charge in [0, 0.05) is 22.0 Å². The first-order valence-electron chi connectivity index (χ1n) is 6.75. The lowest BCUT2D eigenvalue weighted by atomic mass is 10.0. The first kappa shape index (κ1) is 14.6. The minimum atomic E-state index is 0.330. The molecule has 1 heterocycles. The summed E-state index contributed by atoms with van der Waals surface area (Å²) in [6, 6.07) is 13.2. The van der Waals surface area contributed by atoms with Crippen molar-refractivity contribution in [3.8, 4) is 0 Å². The molecule has 0 saturated carbocycles. The van der Waals surface area contributed by atoms with Crippen LogP contribution in [0.25, 0.3) is 0 Å². The van der Waals surface area contributed by atoms with Crippen molar-refractivity contribution in [1.29, 1.82) is 0 Å². The number of hydrogen-bond donors (Lipinski definition) is 1. The third-order valence-corrected chi connectivity index (χ3v) is 4.52. The van der Waals surface area contributed by atoms with Gasteiger partial charge >= 0.3 is 0 Å². The van der Waals surface area contributed by atoms with Gasteiger partial charge in [-0.05, 0) is 42.5 Å². The molecule has 2 unspecified atom stereocenters. The number of rotatable bonds is 6. The molecule has 1 aromatic heterocycles. The van der Waals surface area contributed by atoms with Gasteiger partial charge in [-0.2, -0.15) is 0 Å². The third-order valence-electron chi connectivity index (χ3n) is 3.29. The average molecular weight is 294 g/mol. The van der Waals surface area contributed by atoms with Gasteiger partial charge in [0.2, 0.25) is 0 Å². The highest BCUT2D eigenvalue weighted by molar-refractivity contribution is 7.10. The van der Waals surface area contributed by atoms with Gasteiger partial charge in [-0.25, -0.2) is 0 Å². The number of nitrogens with one attached hydrogen (secondary N) is 1. The molecule has 0 aliphatic rings. The summed E-state index contributed by atoms with van der Waals surface area (Å²) in [4.78, 5) is 1.42. The molecule has 2 aromatic rings. The highest BCUT2D eigenvalue weighted by Crippen LogP contribution is 2.27. The van der Waals surface area contributed by atoms with E-state index in [-0.39, 0.29) is 0 Å². The van der Waals surface area contributed by atoms with Gasteiger partial charge in [-0.3, -0.25) is 0 Å². The normalized spacial score (nSPS) is 14.3. The van der Waals surface area contributed by atoms with Crippen LogP contribution in [0.15, 0.2) is 41.8 Å². The maximum absolute atomic E-state index is 5.93. The minimum Gasteiger partial charge on any atom is -0.303 e. The molecular formula is C16H20ClNS. The second kappa shape index (κ2) is 7.09. The quantitative estimate of drug-likeness (QED) is 0.731. The van der Waals surface area contributed by atoms with Crippen LogP contribution in [0.3, 0.4) is 0 Å². The Morgan fingerprint density at radius 1 is 1.21 bits per heavy atom. The zero-order chi connectivity index (χ0) is 13.7. The Bertz CT molecular complexity index is 478. The van der Waals surface area contributed by atoms with Crippen LogP contribution in [0.2, 0.25) is 5.02 Å². The molecule has 0 spiro atoms. The Balaban J connectivity index is 2.06. The number of benzene rings is 1. The van der Waals surface area contributed by atoms with Gasteiger partial charge in [0.05, 0.1) is 0 Å². The second-order valence-corrected chi connectivity index (χ2v) is 6.21. The second-order valence-electron chi connectivity index (χ2n) is 4.80. The van der Waals surface area contributed by atoms with Gasteiger partial charge < -0.3 is 5.32 Å². The summed E-state index contributed by atoms with van der Waals surface area (Å²) < 4.78 is 0. The van der Waals surface area contributed by atoms with Crippen molar-refractivity contribution in [2.75, 3.05) is 0 Å². The van der Waals surface area contributed by atoms with Crippen molar-refractivity contribution in [1.82, 2.24) is 5.32 Å². The number of thiophene rings is 1. The minimum absolute atomic E-state index is 0.330. The summed E-state index contributed by atoms with van der Waals surface area (Å²) in [5, 5.41) is 6.66. The maximum Gasteiger partial charge on any atom is 0.0419 e. The highest BCUT2D eigenvalue weighted by atomic mass is 35.5. The summed E-state index contributed by atoms with van der Waals surface area (Å²) >= 11 is 7.76. The molecule has 0 bridgehead atoms. The average Bonchev–Trinajstić information content (AvgIpc) is 2.92. The van der Waals surface area contributed by atoms with Crippen LogP contribution in [0, 0.1) is 0 Å². The van der Waals surface area contributed by atoms with Gasteiger partial charge in [0.1, 0.15) is 0 Å². The van der Waals surface area contributed by atoms with E-state index in [1.54, 1.807) is 0 Å². The molecule has 2 atom stereocenters. The van der Waals surface area contributed by atoms with E-state index in [1.807, 2.05) is 23.5 Å². The molecule has 1 aromatic carbocycles. The molecule has 3 heteroatoms. The number of hydrogen-bond acceptors (Lipinski definition) is 2. The van der Waals surface area contributed by atoms with Crippen molar-refractivity contribution < 1.29 is 0 Å². The maximum atomic E-state index is 5.93. The van der Waals surface area contributed by atoms with Crippen LogP contribution in [-0.2, 0) is 0 Å². The molecule has 1 nitrogen and oxygen atoms in total. The number of halogens is 1. The van der Waals surface area contributed by atoms with E-state index in [0.29, 0.717) is 12.1 Å². The molecule has 0 aliphatic heterocycles. The van der Waals surface area contributed by atoms with Gasteiger partial charge in [-0.1, -0.05) is 43.1 Å². The van der Waals surface area contributed by atoms with E-state index in [1.165, 1.54) is 23.3 Å².